The zero-order valence-corrected chi connectivity index (χ0v) is 18.8. The number of halogens is 2. The van der Waals surface area contributed by atoms with Crippen LogP contribution in [-0.4, -0.2) is 61.2 Å². The van der Waals surface area contributed by atoms with Crippen LogP contribution >= 0.6 is 0 Å². The summed E-state index contributed by atoms with van der Waals surface area (Å²) in [5, 5.41) is 7.78. The summed E-state index contributed by atoms with van der Waals surface area (Å²) in [5.74, 6) is -0.374. The van der Waals surface area contributed by atoms with E-state index in [-0.39, 0.29) is 50.2 Å². The predicted octanol–water partition coefficient (Wildman–Crippen LogP) is -7.37. The van der Waals surface area contributed by atoms with Crippen molar-refractivity contribution in [2.24, 2.45) is 21.0 Å². The monoisotopic (exact) mass is 442 g/mol. The molecular formula is C16H32Cl2N6O4. The fourth-order valence-electron chi connectivity index (χ4n) is 1.57. The lowest BCUT2D eigenvalue weighted by atomic mass is 9.97. The third-order valence-electron chi connectivity index (χ3n) is 3.25. The maximum Gasteiger partial charge on any atom is 0.312 e. The van der Waals surface area contributed by atoms with Gasteiger partial charge in [0.05, 0.1) is 10.8 Å². The van der Waals surface area contributed by atoms with Gasteiger partial charge in [-0.1, -0.05) is 10.2 Å². The van der Waals surface area contributed by atoms with Gasteiger partial charge in [-0.2, -0.15) is 0 Å². The van der Waals surface area contributed by atoms with E-state index in [4.69, 9.17) is 9.47 Å². The number of nitrogens with zero attached hydrogens (tertiary/aromatic N) is 4. The lowest BCUT2D eigenvalue weighted by Crippen LogP contribution is -3.00. The van der Waals surface area contributed by atoms with Crippen molar-refractivity contribution < 1.29 is 54.7 Å². The smallest absolute Gasteiger partial charge is 0.312 e. The number of carbonyl (C=O) groups is 2. The number of nitrogens with two attached hydrogens (primary N) is 2. The molecule has 2 heterocycles. The Morgan fingerprint density at radius 1 is 0.821 bits per heavy atom. The van der Waals surface area contributed by atoms with Crippen molar-refractivity contribution in [3.8, 4) is 0 Å². The van der Waals surface area contributed by atoms with Crippen LogP contribution in [0.4, 0.5) is 0 Å². The van der Waals surface area contributed by atoms with E-state index >= 15 is 0 Å². The second kappa shape index (κ2) is 12.8. The van der Waals surface area contributed by atoms with Gasteiger partial charge < -0.3 is 34.3 Å². The zero-order chi connectivity index (χ0) is 19.8. The van der Waals surface area contributed by atoms with Crippen molar-refractivity contribution in [2.45, 2.75) is 41.5 Å². The van der Waals surface area contributed by atoms with Gasteiger partial charge in [0, 0.05) is 0 Å². The third kappa shape index (κ3) is 11.3. The molecule has 0 bridgehead atoms. The fraction of sp³-hybridized carbons (Fsp3) is 0.750. The van der Waals surface area contributed by atoms with Gasteiger partial charge in [-0.05, 0) is 41.5 Å². The van der Waals surface area contributed by atoms with E-state index in [2.05, 4.69) is 10.2 Å². The highest BCUT2D eigenvalue weighted by atomic mass is 35.5. The molecule has 0 unspecified atom stereocenters. The maximum absolute atomic E-state index is 11.3. The van der Waals surface area contributed by atoms with Crippen molar-refractivity contribution in [3.05, 3.63) is 0 Å². The molecular weight excluding hydrogens is 411 g/mol. The first-order valence-electron chi connectivity index (χ1n) is 8.52. The summed E-state index contributed by atoms with van der Waals surface area (Å²) in [5.41, 5.74) is 2.68. The Balaban J connectivity index is 0. The highest BCUT2D eigenvalue weighted by molar-refractivity contribution is 5.75. The lowest BCUT2D eigenvalue weighted by molar-refractivity contribution is -0.663. The van der Waals surface area contributed by atoms with Crippen LogP contribution in [0, 0.1) is 10.8 Å². The number of quaternary nitrogens is 2. The van der Waals surface area contributed by atoms with Crippen molar-refractivity contribution in [3.63, 3.8) is 0 Å². The molecule has 0 radical (unpaired) electrons. The van der Waals surface area contributed by atoms with E-state index in [9.17, 15) is 9.59 Å². The molecule has 0 saturated heterocycles. The Morgan fingerprint density at radius 3 is 1.36 bits per heavy atom. The molecule has 2 rings (SSSR count). The first-order valence-corrected chi connectivity index (χ1v) is 8.52. The van der Waals surface area contributed by atoms with Gasteiger partial charge in [-0.3, -0.25) is 19.4 Å². The summed E-state index contributed by atoms with van der Waals surface area (Å²) in [7, 11) is 0. The molecule has 0 fully saturated rings. The first kappa shape index (κ1) is 28.6. The summed E-state index contributed by atoms with van der Waals surface area (Å²) in [6.07, 6.45) is 3.33. The Labute approximate surface area is 178 Å². The van der Waals surface area contributed by atoms with Crippen LogP contribution in [0.2, 0.25) is 0 Å². The molecule has 2 aliphatic rings. The van der Waals surface area contributed by atoms with Gasteiger partial charge in [0.1, 0.15) is 0 Å². The largest absolute Gasteiger partial charge is 1.00 e. The molecule has 4 N–H and O–H groups in total. The Bertz CT molecular complexity index is 498. The van der Waals surface area contributed by atoms with Crippen LogP contribution < -0.4 is 35.7 Å². The van der Waals surface area contributed by atoms with Crippen LogP contribution in [0.1, 0.15) is 41.5 Å². The zero-order valence-electron chi connectivity index (χ0n) is 17.3. The van der Waals surface area contributed by atoms with Gasteiger partial charge >= 0.3 is 11.9 Å². The molecule has 0 amide bonds. The highest BCUT2D eigenvalue weighted by Gasteiger charge is 2.24. The number of carbonyl (C=O) groups excluding carboxylic acids is 2. The summed E-state index contributed by atoms with van der Waals surface area (Å²) >= 11 is 0. The molecule has 0 aromatic rings. The van der Waals surface area contributed by atoms with Crippen LogP contribution in [0.5, 0.6) is 0 Å². The topological polar surface area (TPSA) is 117 Å². The van der Waals surface area contributed by atoms with Gasteiger partial charge in [0.15, 0.2) is 39.5 Å². The van der Waals surface area contributed by atoms with E-state index in [1.807, 2.05) is 51.3 Å². The number of hydrogen-bond donors (Lipinski definition) is 2. The summed E-state index contributed by atoms with van der Waals surface area (Å²) in [6, 6.07) is 0. The second-order valence-corrected chi connectivity index (χ2v) is 8.06. The van der Waals surface area contributed by atoms with Crippen molar-refractivity contribution in [1.82, 2.24) is 9.80 Å². The average molecular weight is 443 g/mol. The van der Waals surface area contributed by atoms with E-state index < -0.39 is 10.8 Å². The Kier molecular flexibility index (Phi) is 13.0. The molecule has 0 aromatic carbocycles. The summed E-state index contributed by atoms with van der Waals surface area (Å²) in [4.78, 5) is 26.3. The molecule has 0 atom stereocenters. The van der Waals surface area contributed by atoms with E-state index in [1.165, 1.54) is 0 Å². The molecule has 12 heteroatoms. The highest BCUT2D eigenvalue weighted by Crippen LogP contribution is 2.15. The van der Waals surface area contributed by atoms with Gasteiger partial charge in [0.25, 0.3) is 0 Å². The molecule has 0 spiro atoms. The van der Waals surface area contributed by atoms with Crippen LogP contribution in [0.3, 0.4) is 0 Å². The normalized spacial score (nSPS) is 15.2. The van der Waals surface area contributed by atoms with Gasteiger partial charge in [0.2, 0.25) is 0 Å². The SMILES string of the molecule is CC(C)(C)C(=O)OCN1C=N[NH2+]C1.CC(C)(C)C(=O)OCN1C=N[NH2+]C1.[Cl-].[Cl-]. The lowest BCUT2D eigenvalue weighted by Gasteiger charge is -2.18. The number of hydrogen-bond acceptors (Lipinski definition) is 8. The average Bonchev–Trinajstić information content (AvgIpc) is 3.22. The van der Waals surface area contributed by atoms with Crippen molar-refractivity contribution >= 4 is 24.6 Å². The minimum Gasteiger partial charge on any atom is -1.00 e. The molecule has 0 aliphatic carbocycles. The molecule has 0 aromatic heterocycles. The number of esters is 2. The van der Waals surface area contributed by atoms with Gasteiger partial charge in [-0.15, -0.1) is 0 Å². The third-order valence-corrected chi connectivity index (χ3v) is 3.25. The van der Waals surface area contributed by atoms with E-state index in [1.54, 1.807) is 23.5 Å². The van der Waals surface area contributed by atoms with Crippen LogP contribution in [0.25, 0.3) is 0 Å². The Hall–Kier alpha value is -1.62. The molecule has 0 saturated carbocycles. The second-order valence-electron chi connectivity index (χ2n) is 8.06. The van der Waals surface area contributed by atoms with Gasteiger partial charge in [-0.25, -0.2) is 10.9 Å². The van der Waals surface area contributed by atoms with Crippen molar-refractivity contribution in [1.29, 1.82) is 0 Å². The van der Waals surface area contributed by atoms with Crippen molar-refractivity contribution in [2.75, 3.05) is 26.8 Å². The predicted molar refractivity (Wildman–Crippen MR) is 95.1 cm³/mol. The number of rotatable bonds is 4. The minimum atomic E-state index is -0.430. The molecule has 28 heavy (non-hydrogen) atoms. The van der Waals surface area contributed by atoms with Crippen LogP contribution in [0.15, 0.2) is 10.2 Å². The Morgan fingerprint density at radius 2 is 1.14 bits per heavy atom. The minimum absolute atomic E-state index is 0. The van der Waals surface area contributed by atoms with Crippen LogP contribution in [-0.2, 0) is 19.1 Å². The molecule has 10 nitrogen and oxygen atoms in total. The van der Waals surface area contributed by atoms with E-state index in [0.717, 1.165) is 13.3 Å². The maximum atomic E-state index is 11.3. The molecule has 2 aliphatic heterocycles. The fourth-order valence-corrected chi connectivity index (χ4v) is 1.57. The summed E-state index contributed by atoms with van der Waals surface area (Å²) in [6.45, 7) is 13.0. The molecule has 164 valence electrons. The number of ether oxygens (including phenoxy) is 2. The van der Waals surface area contributed by atoms with E-state index in [0.29, 0.717) is 0 Å². The standard InChI is InChI=1S/2C8H15N3O2.2ClH/c2*1-8(2,3)7(12)13-6-11-4-9-10-5-11;;/h2*4,10H,5-6H2,1-3H3;2*1H. The summed E-state index contributed by atoms with van der Waals surface area (Å²) < 4.78 is 10.1. The quantitative estimate of drug-likeness (QED) is 0.330. The first-order chi connectivity index (χ1) is 12.0.